The maximum Gasteiger partial charge on any atom is 0.410 e. The van der Waals surface area contributed by atoms with Crippen LogP contribution in [0, 0.1) is 0 Å². The number of H-pyrrole nitrogens is 1. The molecule has 0 aliphatic carbocycles. The van der Waals surface area contributed by atoms with Crippen LogP contribution in [0.15, 0.2) is 42.5 Å². The molecule has 9 nitrogen and oxygen atoms in total. The average Bonchev–Trinajstić information content (AvgIpc) is 3.48. The minimum atomic E-state index is -0.663. The molecule has 2 N–H and O–H groups in total. The molecule has 0 bridgehead atoms. The second kappa shape index (κ2) is 8.82. The predicted molar refractivity (Wildman–Crippen MR) is 162 cm³/mol. The fraction of sp³-hybridized carbons (Fsp3) is 0.364. The number of imide groups is 1. The van der Waals surface area contributed by atoms with E-state index in [0.717, 1.165) is 49.2 Å². The number of carbonyl (C=O) groups is 3. The molecule has 3 amide bonds. The molecule has 2 aliphatic rings. The van der Waals surface area contributed by atoms with E-state index in [9.17, 15) is 14.4 Å². The first-order valence-corrected chi connectivity index (χ1v) is 14.3. The number of hydrogen-bond donors (Lipinski definition) is 2. The number of amides is 3. The first kappa shape index (κ1) is 26.5. The van der Waals surface area contributed by atoms with Crippen molar-refractivity contribution in [3.05, 3.63) is 59.2 Å². The molecular formula is C33H34N4O5. The van der Waals surface area contributed by atoms with Gasteiger partial charge >= 0.3 is 6.09 Å². The molecule has 3 aromatic carbocycles. The van der Waals surface area contributed by atoms with Gasteiger partial charge in [-0.2, -0.15) is 0 Å². The van der Waals surface area contributed by atoms with Gasteiger partial charge < -0.3 is 19.0 Å². The van der Waals surface area contributed by atoms with Crippen molar-refractivity contribution < 1.29 is 23.9 Å². The molecule has 7 rings (SSSR count). The molecule has 4 heterocycles. The Labute approximate surface area is 242 Å². The number of aromatic nitrogens is 2. The molecule has 0 unspecified atom stereocenters. The molecule has 2 aromatic heterocycles. The topological polar surface area (TPSA) is 106 Å². The van der Waals surface area contributed by atoms with E-state index in [4.69, 9.17) is 9.47 Å². The van der Waals surface area contributed by atoms with E-state index in [1.54, 1.807) is 4.90 Å². The fourth-order valence-electron chi connectivity index (χ4n) is 6.47. The predicted octanol–water partition coefficient (Wildman–Crippen LogP) is 6.25. The van der Waals surface area contributed by atoms with E-state index >= 15 is 0 Å². The Bertz CT molecular complexity index is 1990. The number of para-hydroxylation sites is 2. The Balaban J connectivity index is 1.56. The zero-order chi connectivity index (χ0) is 29.7. The van der Waals surface area contributed by atoms with Crippen LogP contribution in [-0.2, 0) is 22.6 Å². The zero-order valence-corrected chi connectivity index (χ0v) is 24.7. The Hall–Kier alpha value is -4.37. The third-order valence-electron chi connectivity index (χ3n) is 8.05. The number of carbonyl (C=O) groups excluding carboxylic acids is 3. The SMILES string of the molecule is CC(C)(C)OC[C@H]1Cn2c3c(cccc3c3c4c(c5c6ccccc6[nH]c5c32)C(=O)NC4=O)CN1C(=O)OC(C)(C)C. The quantitative estimate of drug-likeness (QED) is 0.246. The summed E-state index contributed by atoms with van der Waals surface area (Å²) in [5.74, 6) is -0.778. The molecule has 0 saturated carbocycles. The minimum absolute atomic E-state index is 0.289. The van der Waals surface area contributed by atoms with Gasteiger partial charge in [0.05, 0.1) is 52.5 Å². The lowest BCUT2D eigenvalue weighted by atomic mass is 9.96. The molecule has 9 heteroatoms. The first-order valence-electron chi connectivity index (χ1n) is 14.3. The summed E-state index contributed by atoms with van der Waals surface area (Å²) < 4.78 is 14.4. The van der Waals surface area contributed by atoms with Gasteiger partial charge in [-0.25, -0.2) is 4.79 Å². The van der Waals surface area contributed by atoms with Crippen LogP contribution in [0.5, 0.6) is 0 Å². The highest BCUT2D eigenvalue weighted by atomic mass is 16.6. The molecule has 2 aliphatic heterocycles. The van der Waals surface area contributed by atoms with E-state index in [-0.39, 0.29) is 18.6 Å². The lowest BCUT2D eigenvalue weighted by molar-refractivity contribution is -0.0460. The number of rotatable bonds is 2. The molecule has 5 aromatic rings. The number of fused-ring (bicyclic) bond motifs is 10. The number of nitrogens with one attached hydrogen (secondary N) is 2. The van der Waals surface area contributed by atoms with Crippen molar-refractivity contribution in [2.75, 3.05) is 6.61 Å². The molecule has 0 saturated heterocycles. The fourth-order valence-corrected chi connectivity index (χ4v) is 6.47. The van der Waals surface area contributed by atoms with Crippen LogP contribution in [-0.4, -0.2) is 56.2 Å². The highest BCUT2D eigenvalue weighted by Crippen LogP contribution is 2.45. The summed E-state index contributed by atoms with van der Waals surface area (Å²) >= 11 is 0. The molecular weight excluding hydrogens is 532 g/mol. The van der Waals surface area contributed by atoms with Gasteiger partial charge in [0, 0.05) is 33.6 Å². The van der Waals surface area contributed by atoms with Gasteiger partial charge in [-0.1, -0.05) is 36.4 Å². The van der Waals surface area contributed by atoms with Gasteiger partial charge in [0.2, 0.25) is 0 Å². The summed E-state index contributed by atoms with van der Waals surface area (Å²) in [6.45, 7) is 12.6. The number of ether oxygens (including phenoxy) is 2. The van der Waals surface area contributed by atoms with E-state index < -0.39 is 23.2 Å². The lowest BCUT2D eigenvalue weighted by Gasteiger charge is -2.34. The molecule has 0 radical (unpaired) electrons. The first-order chi connectivity index (χ1) is 19.8. The highest BCUT2D eigenvalue weighted by Gasteiger charge is 2.39. The lowest BCUT2D eigenvalue weighted by Crippen LogP contribution is -2.47. The van der Waals surface area contributed by atoms with Gasteiger partial charge in [0.25, 0.3) is 11.8 Å². The van der Waals surface area contributed by atoms with Crippen molar-refractivity contribution in [3.8, 4) is 0 Å². The standard InChI is InChI=1S/C33H34N4O5/c1-32(2,3)41-16-18-15-37-27-17(14-36(18)31(40)42-33(4,5)6)10-9-12-20(27)23-25-24(29(38)35-30(25)39)22-19-11-7-8-13-21(19)34-26(22)28(23)37/h7-13,18,34H,14-16H2,1-6H3,(H,35,38,39)/t18-/m1/s1. The van der Waals surface area contributed by atoms with Crippen LogP contribution < -0.4 is 5.32 Å². The summed E-state index contributed by atoms with van der Waals surface area (Å²) in [6.07, 6.45) is -0.404. The normalized spacial score (nSPS) is 17.4. The van der Waals surface area contributed by atoms with E-state index in [1.165, 1.54) is 0 Å². The molecule has 0 spiro atoms. The average molecular weight is 567 g/mol. The second-order valence-electron chi connectivity index (χ2n) is 13.3. The van der Waals surface area contributed by atoms with Crippen LogP contribution in [0.2, 0.25) is 0 Å². The molecule has 0 fully saturated rings. The van der Waals surface area contributed by atoms with Crippen molar-refractivity contribution in [3.63, 3.8) is 0 Å². The monoisotopic (exact) mass is 566 g/mol. The van der Waals surface area contributed by atoms with E-state index in [0.29, 0.717) is 24.2 Å². The maximum absolute atomic E-state index is 13.7. The minimum Gasteiger partial charge on any atom is -0.444 e. The number of hydrogen-bond acceptors (Lipinski definition) is 5. The Morgan fingerprint density at radius 3 is 2.29 bits per heavy atom. The smallest absolute Gasteiger partial charge is 0.410 e. The van der Waals surface area contributed by atoms with Crippen LogP contribution in [0.3, 0.4) is 0 Å². The third-order valence-corrected chi connectivity index (χ3v) is 8.05. The van der Waals surface area contributed by atoms with Crippen molar-refractivity contribution in [1.82, 2.24) is 19.8 Å². The number of benzene rings is 3. The van der Waals surface area contributed by atoms with Gasteiger partial charge in [-0.05, 0) is 53.2 Å². The Morgan fingerprint density at radius 1 is 0.881 bits per heavy atom. The Kier molecular flexibility index (Phi) is 5.57. The summed E-state index contributed by atoms with van der Waals surface area (Å²) in [6, 6.07) is 13.4. The summed E-state index contributed by atoms with van der Waals surface area (Å²) in [7, 11) is 0. The van der Waals surface area contributed by atoms with Crippen molar-refractivity contribution >= 4 is 61.5 Å². The third kappa shape index (κ3) is 3.98. The zero-order valence-electron chi connectivity index (χ0n) is 24.7. The van der Waals surface area contributed by atoms with Gasteiger partial charge in [0.1, 0.15) is 5.60 Å². The van der Waals surface area contributed by atoms with Crippen molar-refractivity contribution in [1.29, 1.82) is 0 Å². The summed E-state index contributed by atoms with van der Waals surface area (Å²) in [5.41, 5.74) is 4.09. The van der Waals surface area contributed by atoms with Crippen molar-refractivity contribution in [2.45, 2.75) is 71.9 Å². The van der Waals surface area contributed by atoms with Crippen molar-refractivity contribution in [2.24, 2.45) is 0 Å². The highest BCUT2D eigenvalue weighted by molar-refractivity contribution is 6.39. The van der Waals surface area contributed by atoms with Gasteiger partial charge in [-0.3, -0.25) is 19.8 Å². The van der Waals surface area contributed by atoms with Crippen LogP contribution in [0.1, 0.15) is 67.8 Å². The number of nitrogens with zero attached hydrogens (tertiary/aromatic N) is 2. The van der Waals surface area contributed by atoms with Crippen LogP contribution >= 0.6 is 0 Å². The molecule has 42 heavy (non-hydrogen) atoms. The largest absolute Gasteiger partial charge is 0.444 e. The molecule has 1 atom stereocenters. The van der Waals surface area contributed by atoms with Crippen LogP contribution in [0.25, 0.3) is 43.6 Å². The van der Waals surface area contributed by atoms with E-state index in [2.05, 4.69) is 14.9 Å². The van der Waals surface area contributed by atoms with Gasteiger partial charge in [-0.15, -0.1) is 0 Å². The van der Waals surface area contributed by atoms with E-state index in [1.807, 2.05) is 84.0 Å². The molecule has 216 valence electrons. The second-order valence-corrected chi connectivity index (χ2v) is 13.3. The number of aromatic amines is 1. The van der Waals surface area contributed by atoms with Gasteiger partial charge in [0.15, 0.2) is 0 Å². The maximum atomic E-state index is 13.7. The van der Waals surface area contributed by atoms with Crippen LogP contribution in [0.4, 0.5) is 4.79 Å². The Morgan fingerprint density at radius 2 is 1.57 bits per heavy atom. The summed E-state index contributed by atoms with van der Waals surface area (Å²) in [4.78, 5) is 45.7. The summed E-state index contributed by atoms with van der Waals surface area (Å²) in [5, 5.41) is 5.77.